The van der Waals surface area contributed by atoms with E-state index >= 15 is 0 Å². The number of aromatic hydroxyl groups is 1. The molecular weight excluding hydrogens is 784 g/mol. The van der Waals surface area contributed by atoms with Crippen molar-refractivity contribution in [1.82, 2.24) is 35.6 Å². The highest BCUT2D eigenvalue weighted by Crippen LogP contribution is 2.32. The largest absolute Gasteiger partial charge is 0.507 e. The first-order valence-corrected chi connectivity index (χ1v) is 21.0. The van der Waals surface area contributed by atoms with Gasteiger partial charge in [0.2, 0.25) is 17.7 Å². The fraction of sp³-hybridized carbons (Fsp3) is 0.378. The van der Waals surface area contributed by atoms with Crippen LogP contribution in [0.3, 0.4) is 0 Å². The first kappa shape index (κ1) is 42.4. The lowest BCUT2D eigenvalue weighted by Gasteiger charge is -2.37. The van der Waals surface area contributed by atoms with Crippen LogP contribution in [0.1, 0.15) is 51.4 Å². The molecule has 13 nitrogen and oxygen atoms in total. The van der Waals surface area contributed by atoms with E-state index in [9.17, 15) is 29.0 Å². The number of hydrogen-bond acceptors (Lipinski definition) is 11. The molecule has 7 rings (SSSR count). The lowest BCUT2D eigenvalue weighted by atomic mass is 9.85. The molecular formula is C45H51FN8O5S. The maximum atomic E-state index is 14.2. The molecule has 0 spiro atoms. The molecule has 4 atom stereocenters. The van der Waals surface area contributed by atoms with Gasteiger partial charge in [-0.1, -0.05) is 57.2 Å². The third-order valence-electron chi connectivity index (χ3n) is 11.3. The van der Waals surface area contributed by atoms with E-state index in [1.807, 2.05) is 88.7 Å². The quantitative estimate of drug-likeness (QED) is 0.132. The van der Waals surface area contributed by atoms with Crippen molar-refractivity contribution in [1.29, 1.82) is 0 Å². The average molecular weight is 835 g/mol. The molecule has 2 aliphatic heterocycles. The van der Waals surface area contributed by atoms with Crippen molar-refractivity contribution in [2.75, 3.05) is 44.2 Å². The topological polar surface area (TPSA) is 164 Å². The summed E-state index contributed by atoms with van der Waals surface area (Å²) in [6.45, 7) is 12.2. The van der Waals surface area contributed by atoms with Gasteiger partial charge in [-0.05, 0) is 72.4 Å². The molecule has 3 amide bonds. The van der Waals surface area contributed by atoms with Crippen LogP contribution in [0.2, 0.25) is 0 Å². The number of thiazole rings is 1. The van der Waals surface area contributed by atoms with E-state index in [1.165, 1.54) is 23.1 Å². The Bertz CT molecular complexity index is 2330. The first-order chi connectivity index (χ1) is 28.6. The Morgan fingerprint density at radius 1 is 0.933 bits per heavy atom. The summed E-state index contributed by atoms with van der Waals surface area (Å²) in [7, 11) is 0. The molecule has 314 valence electrons. The minimum Gasteiger partial charge on any atom is -0.507 e. The first-order valence-electron chi connectivity index (χ1n) is 20.1. The Morgan fingerprint density at radius 2 is 1.63 bits per heavy atom. The van der Waals surface area contributed by atoms with Gasteiger partial charge in [0.15, 0.2) is 0 Å². The minimum atomic E-state index is -0.920. The summed E-state index contributed by atoms with van der Waals surface area (Å²) in [6.07, 6.45) is 0.859. The molecule has 2 fully saturated rings. The van der Waals surface area contributed by atoms with Crippen LogP contribution in [0.25, 0.3) is 32.8 Å². The minimum absolute atomic E-state index is 0.000460. The Morgan fingerprint density at radius 3 is 2.30 bits per heavy atom. The molecule has 0 bridgehead atoms. The van der Waals surface area contributed by atoms with Crippen molar-refractivity contribution in [3.8, 4) is 38.6 Å². The molecule has 5 aromatic rings. The summed E-state index contributed by atoms with van der Waals surface area (Å²) in [5, 5.41) is 35.1. The van der Waals surface area contributed by atoms with Gasteiger partial charge in [0.1, 0.15) is 23.7 Å². The molecule has 60 heavy (non-hydrogen) atoms. The van der Waals surface area contributed by atoms with Crippen molar-refractivity contribution in [3.63, 3.8) is 0 Å². The van der Waals surface area contributed by atoms with Crippen molar-refractivity contribution in [2.24, 2.45) is 5.41 Å². The lowest BCUT2D eigenvalue weighted by Crippen LogP contribution is -2.59. The fourth-order valence-electron chi connectivity index (χ4n) is 7.82. The zero-order valence-electron chi connectivity index (χ0n) is 34.4. The van der Waals surface area contributed by atoms with Gasteiger partial charge in [-0.15, -0.1) is 11.3 Å². The van der Waals surface area contributed by atoms with Gasteiger partial charge >= 0.3 is 0 Å². The normalized spacial score (nSPS) is 18.2. The average Bonchev–Trinajstić information content (AvgIpc) is 3.85. The van der Waals surface area contributed by atoms with E-state index in [1.54, 1.807) is 23.6 Å². The number of nitrogens with zero attached hydrogens (tertiary/aromatic N) is 6. The highest BCUT2D eigenvalue weighted by Gasteiger charge is 2.45. The zero-order valence-corrected chi connectivity index (χ0v) is 35.2. The number of rotatable bonds is 11. The highest BCUT2D eigenvalue weighted by molar-refractivity contribution is 7.13. The van der Waals surface area contributed by atoms with Gasteiger partial charge in [-0.2, -0.15) is 10.2 Å². The molecule has 2 saturated heterocycles. The van der Waals surface area contributed by atoms with E-state index in [4.69, 9.17) is 0 Å². The standard InChI is InChI=1S/C45H51FN8O5S/c1-27(29-6-8-31(9-7-29)41-28(2)47-26-60-41)49-43(58)38-22-35(55)24-54(38)44(59)42(45(3,4)5)50-40(57)25-52-16-18-53(19-17-52)34-13-10-30(11-14-34)32-20-37(51-48-23-32)36-21-33(46)12-15-39(36)56/h6-15,20-21,23,26-27,35,38,42,55-56H,16-19,22,24-25H2,1-5H3,(H,49,58)(H,50,57)/t27-,35+,38-,42?/m0/s1. The van der Waals surface area contributed by atoms with E-state index in [0.29, 0.717) is 31.9 Å². The lowest BCUT2D eigenvalue weighted by molar-refractivity contribution is -0.144. The van der Waals surface area contributed by atoms with Crippen LogP contribution >= 0.6 is 11.3 Å². The SMILES string of the molecule is Cc1ncsc1-c1ccc([C@H](C)NC(=O)[C@@H]2C[C@@H](O)CN2C(=O)C(NC(=O)CN2CCN(c3ccc(-c4cnnc(-c5cc(F)ccc5O)c4)cc3)CC2)C(C)(C)C)cc1. The van der Waals surface area contributed by atoms with Gasteiger partial charge < -0.3 is 30.6 Å². The number of aromatic nitrogens is 3. The number of phenols is 1. The molecule has 15 heteroatoms. The van der Waals surface area contributed by atoms with Crippen LogP contribution in [0, 0.1) is 18.2 Å². The molecule has 0 saturated carbocycles. The van der Waals surface area contributed by atoms with Crippen LogP contribution in [0.4, 0.5) is 10.1 Å². The summed E-state index contributed by atoms with van der Waals surface area (Å²) in [5.74, 6) is -1.60. The summed E-state index contributed by atoms with van der Waals surface area (Å²) in [5.41, 5.74) is 7.37. The van der Waals surface area contributed by atoms with Gasteiger partial charge in [0, 0.05) is 56.0 Å². The van der Waals surface area contributed by atoms with Gasteiger partial charge in [-0.3, -0.25) is 19.3 Å². The molecule has 4 N–H and O–H groups in total. The second-order valence-electron chi connectivity index (χ2n) is 16.7. The summed E-state index contributed by atoms with van der Waals surface area (Å²) in [6, 6.07) is 19.3. The number of phenolic OH excluding ortho intramolecular Hbond substituents is 1. The number of aliphatic hydroxyl groups excluding tert-OH is 1. The zero-order chi connectivity index (χ0) is 42.7. The van der Waals surface area contributed by atoms with Crippen LogP contribution in [-0.2, 0) is 14.4 Å². The summed E-state index contributed by atoms with van der Waals surface area (Å²) < 4.78 is 13.9. The van der Waals surface area contributed by atoms with Crippen molar-refractivity contribution in [3.05, 3.63) is 102 Å². The molecule has 1 unspecified atom stereocenters. The van der Waals surface area contributed by atoms with Gasteiger partial charge in [0.25, 0.3) is 0 Å². The number of amides is 3. The maximum absolute atomic E-state index is 14.2. The van der Waals surface area contributed by atoms with E-state index in [2.05, 4.69) is 35.6 Å². The Labute approximate surface area is 353 Å². The summed E-state index contributed by atoms with van der Waals surface area (Å²) >= 11 is 1.58. The smallest absolute Gasteiger partial charge is 0.246 e. The fourth-order valence-corrected chi connectivity index (χ4v) is 8.64. The molecule has 2 aliphatic rings. The van der Waals surface area contributed by atoms with Crippen LogP contribution in [0.15, 0.2) is 84.5 Å². The van der Waals surface area contributed by atoms with Crippen molar-refractivity contribution < 1.29 is 29.0 Å². The second-order valence-corrected chi connectivity index (χ2v) is 17.5. The Balaban J connectivity index is 0.926. The van der Waals surface area contributed by atoms with Gasteiger partial charge in [0.05, 0.1) is 46.7 Å². The predicted octanol–water partition coefficient (Wildman–Crippen LogP) is 5.58. The number of aliphatic hydroxyl groups is 1. The highest BCUT2D eigenvalue weighted by atomic mass is 32.1. The van der Waals surface area contributed by atoms with Crippen LogP contribution < -0.4 is 15.5 Å². The van der Waals surface area contributed by atoms with Crippen LogP contribution in [-0.4, -0.2) is 110 Å². The molecule has 3 aromatic carbocycles. The molecule has 0 radical (unpaired) electrons. The number of anilines is 1. The Kier molecular flexibility index (Phi) is 12.6. The molecule has 0 aliphatic carbocycles. The number of β-amino-alcohol motifs (C(OH)–C–C–N with tert-alkyl or cyclic N) is 1. The van der Waals surface area contributed by atoms with Crippen molar-refractivity contribution >= 4 is 34.7 Å². The number of hydrogen-bond donors (Lipinski definition) is 4. The number of likely N-dealkylation sites (tertiary alicyclic amines) is 1. The summed E-state index contributed by atoms with van der Waals surface area (Å²) in [4.78, 5) is 52.6. The number of carbonyl (C=O) groups is 3. The number of halogens is 1. The number of aryl methyl sites for hydroxylation is 1. The number of carbonyl (C=O) groups excluding carboxylic acids is 3. The predicted molar refractivity (Wildman–Crippen MR) is 230 cm³/mol. The van der Waals surface area contributed by atoms with Crippen LogP contribution in [0.5, 0.6) is 5.75 Å². The third kappa shape index (κ3) is 9.64. The van der Waals surface area contributed by atoms with E-state index in [0.717, 1.165) is 38.5 Å². The van der Waals surface area contributed by atoms with E-state index < -0.39 is 35.3 Å². The Hall–Kier alpha value is -5.77. The number of benzene rings is 3. The van der Waals surface area contributed by atoms with E-state index in [-0.39, 0.29) is 48.7 Å². The number of piperazine rings is 1. The van der Waals surface area contributed by atoms with Gasteiger partial charge in [-0.25, -0.2) is 9.37 Å². The second kappa shape index (κ2) is 17.8. The van der Waals surface area contributed by atoms with Crippen molar-refractivity contribution in [2.45, 2.75) is 65.3 Å². The maximum Gasteiger partial charge on any atom is 0.246 e. The molecule has 4 heterocycles. The molecule has 2 aromatic heterocycles. The third-order valence-corrected chi connectivity index (χ3v) is 12.2. The number of nitrogens with one attached hydrogen (secondary N) is 2. The monoisotopic (exact) mass is 834 g/mol.